The lowest BCUT2D eigenvalue weighted by atomic mass is 9.71. The summed E-state index contributed by atoms with van der Waals surface area (Å²) in [6.45, 7) is 0.0367. The Hall–Kier alpha value is -0.750. The van der Waals surface area contributed by atoms with Crippen LogP contribution in [0.1, 0.15) is 38.5 Å². The molecular weight excluding hydrogens is 242 g/mol. The number of amides is 1. The third-order valence-electron chi connectivity index (χ3n) is 3.68. The summed E-state index contributed by atoms with van der Waals surface area (Å²) >= 11 is 0. The largest absolute Gasteiger partial charge is 0.385 e. The Balaban J connectivity index is 2.38. The van der Waals surface area contributed by atoms with E-state index in [1.807, 2.05) is 0 Å². The number of alkyl halides is 2. The molecular formula is C12H22F2N2O2. The Morgan fingerprint density at radius 3 is 2.44 bits per heavy atom. The molecule has 4 N–H and O–H groups in total. The van der Waals surface area contributed by atoms with Gasteiger partial charge in [-0.15, -0.1) is 0 Å². The highest BCUT2D eigenvalue weighted by Crippen LogP contribution is 2.38. The van der Waals surface area contributed by atoms with Gasteiger partial charge in [0, 0.05) is 13.0 Å². The molecule has 4 nitrogen and oxygen atoms in total. The van der Waals surface area contributed by atoms with Gasteiger partial charge in [0.05, 0.1) is 0 Å². The molecule has 0 radical (unpaired) electrons. The van der Waals surface area contributed by atoms with Gasteiger partial charge >= 0.3 is 0 Å². The second kappa shape index (κ2) is 6.99. The molecule has 0 spiro atoms. The molecule has 0 aromatic rings. The number of aliphatic hydroxyl groups is 1. The number of nitrogens with one attached hydrogen (secondary N) is 1. The van der Waals surface area contributed by atoms with Crippen LogP contribution in [0, 0.1) is 5.41 Å². The fraction of sp³-hybridized carbons (Fsp3) is 0.917. The molecule has 6 heteroatoms. The first-order valence-corrected chi connectivity index (χ1v) is 6.42. The second-order valence-corrected chi connectivity index (χ2v) is 5.15. The van der Waals surface area contributed by atoms with Crippen molar-refractivity contribution in [1.29, 1.82) is 0 Å². The SMILES string of the molecule is NCC1(CC(=O)NCC(O)C(F)F)CCCCC1. The van der Waals surface area contributed by atoms with E-state index < -0.39 is 19.1 Å². The number of hydrogen-bond donors (Lipinski definition) is 3. The van der Waals surface area contributed by atoms with Crippen molar-refractivity contribution in [1.82, 2.24) is 5.32 Å². The molecule has 0 bridgehead atoms. The van der Waals surface area contributed by atoms with Crippen LogP contribution in [0.2, 0.25) is 0 Å². The highest BCUT2D eigenvalue weighted by molar-refractivity contribution is 5.76. The van der Waals surface area contributed by atoms with E-state index in [0.29, 0.717) is 6.54 Å². The van der Waals surface area contributed by atoms with Gasteiger partial charge in [0.1, 0.15) is 6.10 Å². The third-order valence-corrected chi connectivity index (χ3v) is 3.68. The molecule has 1 rings (SSSR count). The van der Waals surface area contributed by atoms with Gasteiger partial charge in [0.15, 0.2) is 0 Å². The molecule has 1 amide bonds. The summed E-state index contributed by atoms with van der Waals surface area (Å²) in [5.41, 5.74) is 5.56. The number of hydrogen-bond acceptors (Lipinski definition) is 3. The van der Waals surface area contributed by atoms with E-state index in [1.165, 1.54) is 0 Å². The summed E-state index contributed by atoms with van der Waals surface area (Å²) in [5.74, 6) is -0.304. The van der Waals surface area contributed by atoms with Crippen molar-refractivity contribution in [3.63, 3.8) is 0 Å². The molecule has 0 aromatic heterocycles. The van der Waals surface area contributed by atoms with Gasteiger partial charge in [0.25, 0.3) is 6.43 Å². The smallest absolute Gasteiger partial charge is 0.265 e. The van der Waals surface area contributed by atoms with Crippen molar-refractivity contribution >= 4 is 5.91 Å². The lowest BCUT2D eigenvalue weighted by Gasteiger charge is -2.35. The third kappa shape index (κ3) is 4.49. The van der Waals surface area contributed by atoms with Crippen LogP contribution in [0.25, 0.3) is 0 Å². The normalized spacial score (nSPS) is 20.7. The van der Waals surface area contributed by atoms with E-state index in [0.717, 1.165) is 32.1 Å². The molecule has 1 unspecified atom stereocenters. The molecule has 18 heavy (non-hydrogen) atoms. The Morgan fingerprint density at radius 1 is 1.33 bits per heavy atom. The summed E-state index contributed by atoms with van der Waals surface area (Å²) in [5, 5.41) is 11.3. The van der Waals surface area contributed by atoms with Gasteiger partial charge in [-0.25, -0.2) is 8.78 Å². The maximum atomic E-state index is 12.1. The first-order valence-electron chi connectivity index (χ1n) is 6.42. The van der Waals surface area contributed by atoms with Gasteiger partial charge in [-0.05, 0) is 24.8 Å². The lowest BCUT2D eigenvalue weighted by Crippen LogP contribution is -2.41. The van der Waals surface area contributed by atoms with Gasteiger partial charge < -0.3 is 16.2 Å². The van der Waals surface area contributed by atoms with Crippen LogP contribution in [-0.4, -0.2) is 36.6 Å². The number of rotatable bonds is 6. The monoisotopic (exact) mass is 264 g/mol. The molecule has 0 aliphatic heterocycles. The van der Waals surface area contributed by atoms with Crippen molar-refractivity contribution < 1.29 is 18.7 Å². The summed E-state index contributed by atoms with van der Waals surface area (Å²) in [4.78, 5) is 11.7. The van der Waals surface area contributed by atoms with E-state index >= 15 is 0 Å². The number of aliphatic hydroxyl groups excluding tert-OH is 1. The Kier molecular flexibility index (Phi) is 5.95. The molecule has 106 valence electrons. The average Bonchev–Trinajstić information content (AvgIpc) is 2.36. The van der Waals surface area contributed by atoms with E-state index in [-0.39, 0.29) is 17.7 Å². The second-order valence-electron chi connectivity index (χ2n) is 5.15. The van der Waals surface area contributed by atoms with E-state index in [9.17, 15) is 13.6 Å². The molecule has 1 fully saturated rings. The minimum atomic E-state index is -2.83. The number of halogens is 2. The zero-order valence-corrected chi connectivity index (χ0v) is 10.5. The average molecular weight is 264 g/mol. The van der Waals surface area contributed by atoms with E-state index in [2.05, 4.69) is 5.32 Å². The first-order chi connectivity index (χ1) is 8.49. The van der Waals surface area contributed by atoms with E-state index in [1.54, 1.807) is 0 Å². The predicted octanol–water partition coefficient (Wildman–Crippen LogP) is 1.03. The van der Waals surface area contributed by atoms with Crippen molar-refractivity contribution in [3.05, 3.63) is 0 Å². The van der Waals surface area contributed by atoms with Crippen LogP contribution in [0.3, 0.4) is 0 Å². The zero-order chi connectivity index (χ0) is 13.6. The quantitative estimate of drug-likeness (QED) is 0.670. The van der Waals surface area contributed by atoms with Crippen molar-refractivity contribution in [2.45, 2.75) is 51.1 Å². The fourth-order valence-corrected chi connectivity index (χ4v) is 2.47. The number of carbonyl (C=O) groups excluding carboxylic acids is 1. The lowest BCUT2D eigenvalue weighted by molar-refractivity contribution is -0.124. The highest BCUT2D eigenvalue weighted by Gasteiger charge is 2.33. The van der Waals surface area contributed by atoms with Gasteiger partial charge in [-0.3, -0.25) is 4.79 Å². The van der Waals surface area contributed by atoms with Gasteiger partial charge in [0.2, 0.25) is 5.91 Å². The topological polar surface area (TPSA) is 75.4 Å². The first kappa shape index (κ1) is 15.3. The molecule has 1 aliphatic carbocycles. The van der Waals surface area contributed by atoms with Crippen molar-refractivity contribution in [2.24, 2.45) is 11.1 Å². The summed E-state index contributed by atoms with van der Waals surface area (Å²) in [6, 6.07) is 0. The Labute approximate surface area is 106 Å². The molecule has 1 aliphatic rings. The zero-order valence-electron chi connectivity index (χ0n) is 10.5. The molecule has 0 saturated heterocycles. The standard InChI is InChI=1S/C12H22F2N2O2/c13-11(14)9(17)7-16-10(18)6-12(8-15)4-2-1-3-5-12/h9,11,17H,1-8,15H2,(H,16,18). The summed E-state index contributed by atoms with van der Waals surface area (Å²) < 4.78 is 24.1. The molecule has 1 saturated carbocycles. The summed E-state index contributed by atoms with van der Waals surface area (Å²) in [6.07, 6.45) is 0.738. The van der Waals surface area contributed by atoms with Crippen LogP contribution < -0.4 is 11.1 Å². The van der Waals surface area contributed by atoms with Crippen LogP contribution in [0.15, 0.2) is 0 Å². The minimum absolute atomic E-state index is 0.182. The molecule has 1 atom stereocenters. The van der Waals surface area contributed by atoms with Crippen LogP contribution >= 0.6 is 0 Å². The molecule has 0 heterocycles. The minimum Gasteiger partial charge on any atom is -0.385 e. The van der Waals surface area contributed by atoms with Gasteiger partial charge in [-0.1, -0.05) is 19.3 Å². The van der Waals surface area contributed by atoms with Gasteiger partial charge in [-0.2, -0.15) is 0 Å². The maximum Gasteiger partial charge on any atom is 0.265 e. The van der Waals surface area contributed by atoms with Crippen LogP contribution in [0.4, 0.5) is 8.78 Å². The van der Waals surface area contributed by atoms with E-state index in [4.69, 9.17) is 10.8 Å². The number of nitrogens with two attached hydrogens (primary N) is 1. The predicted molar refractivity (Wildman–Crippen MR) is 64.2 cm³/mol. The summed E-state index contributed by atoms with van der Waals surface area (Å²) in [7, 11) is 0. The Bertz CT molecular complexity index is 269. The fourth-order valence-electron chi connectivity index (χ4n) is 2.47. The van der Waals surface area contributed by atoms with Crippen molar-refractivity contribution in [3.8, 4) is 0 Å². The number of carbonyl (C=O) groups is 1. The highest BCUT2D eigenvalue weighted by atomic mass is 19.3. The molecule has 0 aromatic carbocycles. The van der Waals surface area contributed by atoms with Crippen LogP contribution in [0.5, 0.6) is 0 Å². The Morgan fingerprint density at radius 2 is 1.94 bits per heavy atom. The maximum absolute atomic E-state index is 12.1. The van der Waals surface area contributed by atoms with Crippen LogP contribution in [-0.2, 0) is 4.79 Å². The van der Waals surface area contributed by atoms with Crippen molar-refractivity contribution in [2.75, 3.05) is 13.1 Å².